The Labute approximate surface area is 202 Å². The van der Waals surface area contributed by atoms with Gasteiger partial charge in [-0.05, 0) is 62.7 Å². The number of pyridine rings is 1. The quantitative estimate of drug-likeness (QED) is 0.728. The van der Waals surface area contributed by atoms with Crippen molar-refractivity contribution in [3.8, 4) is 0 Å². The van der Waals surface area contributed by atoms with Gasteiger partial charge in [0.15, 0.2) is 5.82 Å². The van der Waals surface area contributed by atoms with Crippen LogP contribution >= 0.6 is 0 Å². The first kappa shape index (κ1) is 22.9. The highest BCUT2D eigenvalue weighted by molar-refractivity contribution is 6.04. The van der Waals surface area contributed by atoms with Gasteiger partial charge in [-0.2, -0.15) is 0 Å². The number of likely N-dealkylation sites (N-methyl/N-ethyl adjacent to an activating group) is 2. The molecular formula is C26H36N6O2. The Bertz CT molecular complexity index is 999. The third kappa shape index (κ3) is 4.44. The van der Waals surface area contributed by atoms with E-state index in [4.69, 9.17) is 9.72 Å². The fourth-order valence-electron chi connectivity index (χ4n) is 5.34. The van der Waals surface area contributed by atoms with Crippen molar-refractivity contribution in [1.29, 1.82) is 0 Å². The molecule has 3 aliphatic heterocycles. The number of rotatable bonds is 5. The SMILES string of the molecule is CCN1CCN(c2ccc(Nc3ccc4c(n3)N(C3CCOCC3)[C@H](C)C(=O)N4C)cc2)CC1. The summed E-state index contributed by atoms with van der Waals surface area (Å²) in [5.41, 5.74) is 3.13. The van der Waals surface area contributed by atoms with E-state index in [-0.39, 0.29) is 18.0 Å². The number of hydrogen-bond acceptors (Lipinski definition) is 7. The molecule has 1 N–H and O–H groups in total. The zero-order valence-corrected chi connectivity index (χ0v) is 20.5. The number of nitrogens with zero attached hydrogens (tertiary/aromatic N) is 5. The monoisotopic (exact) mass is 464 g/mol. The number of anilines is 5. The molecule has 34 heavy (non-hydrogen) atoms. The fourth-order valence-corrected chi connectivity index (χ4v) is 5.34. The molecule has 182 valence electrons. The van der Waals surface area contributed by atoms with Gasteiger partial charge in [0, 0.05) is 63.9 Å². The number of aromatic nitrogens is 1. The number of nitrogens with one attached hydrogen (secondary N) is 1. The molecule has 0 saturated carbocycles. The minimum absolute atomic E-state index is 0.108. The minimum Gasteiger partial charge on any atom is -0.381 e. The summed E-state index contributed by atoms with van der Waals surface area (Å²) in [6, 6.07) is 12.6. The first-order valence-corrected chi connectivity index (χ1v) is 12.5. The van der Waals surface area contributed by atoms with Gasteiger partial charge in [-0.1, -0.05) is 6.92 Å². The Morgan fingerprint density at radius 1 is 1.03 bits per heavy atom. The highest BCUT2D eigenvalue weighted by atomic mass is 16.5. The zero-order chi connectivity index (χ0) is 23.7. The van der Waals surface area contributed by atoms with E-state index < -0.39 is 0 Å². The third-order valence-corrected chi connectivity index (χ3v) is 7.47. The molecule has 0 radical (unpaired) electrons. The molecule has 3 aliphatic rings. The zero-order valence-electron chi connectivity index (χ0n) is 20.5. The minimum atomic E-state index is -0.240. The molecule has 0 spiro atoms. The van der Waals surface area contributed by atoms with Crippen molar-refractivity contribution in [2.45, 2.75) is 38.8 Å². The maximum Gasteiger partial charge on any atom is 0.249 e. The predicted octanol–water partition coefficient (Wildman–Crippen LogP) is 3.32. The lowest BCUT2D eigenvalue weighted by Crippen LogP contribution is -2.56. The molecule has 1 aromatic heterocycles. The van der Waals surface area contributed by atoms with Crippen molar-refractivity contribution in [1.82, 2.24) is 9.88 Å². The number of carbonyl (C=O) groups excluding carboxylic acids is 1. The molecule has 4 heterocycles. The summed E-state index contributed by atoms with van der Waals surface area (Å²) in [7, 11) is 1.84. The molecule has 2 aromatic rings. The normalized spacial score (nSPS) is 22.1. The van der Waals surface area contributed by atoms with Crippen LogP contribution < -0.4 is 20.0 Å². The van der Waals surface area contributed by atoms with Gasteiger partial charge in [0.05, 0.1) is 5.69 Å². The van der Waals surface area contributed by atoms with Gasteiger partial charge in [-0.25, -0.2) is 4.98 Å². The lowest BCUT2D eigenvalue weighted by molar-refractivity contribution is -0.119. The van der Waals surface area contributed by atoms with Crippen LogP contribution in [-0.4, -0.2) is 80.9 Å². The van der Waals surface area contributed by atoms with Gasteiger partial charge < -0.3 is 29.7 Å². The van der Waals surface area contributed by atoms with Crippen LogP contribution in [0.25, 0.3) is 0 Å². The van der Waals surface area contributed by atoms with Gasteiger partial charge in [-0.15, -0.1) is 0 Å². The van der Waals surface area contributed by atoms with E-state index in [1.807, 2.05) is 26.1 Å². The summed E-state index contributed by atoms with van der Waals surface area (Å²) < 4.78 is 5.57. The standard InChI is InChI=1S/C26H36N6O2/c1-4-30-13-15-31(16-14-30)21-7-5-20(6-8-21)27-24-10-9-23-25(28-24)32(19(2)26(33)29(23)3)22-11-17-34-18-12-22/h5-10,19,22H,4,11-18H2,1-3H3,(H,27,28)/t19-/m1/s1. The maximum absolute atomic E-state index is 12.9. The lowest BCUT2D eigenvalue weighted by atomic mass is 10.0. The van der Waals surface area contributed by atoms with Crippen LogP contribution in [0.3, 0.4) is 0 Å². The van der Waals surface area contributed by atoms with Gasteiger partial charge in [-0.3, -0.25) is 4.79 Å². The first-order chi connectivity index (χ1) is 16.5. The maximum atomic E-state index is 12.9. The Kier molecular flexibility index (Phi) is 6.61. The highest BCUT2D eigenvalue weighted by Crippen LogP contribution is 2.38. The number of carbonyl (C=O) groups is 1. The van der Waals surface area contributed by atoms with Gasteiger partial charge in [0.1, 0.15) is 11.9 Å². The van der Waals surface area contributed by atoms with Gasteiger partial charge >= 0.3 is 0 Å². The molecule has 5 rings (SSSR count). The van der Waals surface area contributed by atoms with E-state index >= 15 is 0 Å². The van der Waals surface area contributed by atoms with Crippen LogP contribution in [0.4, 0.5) is 28.7 Å². The summed E-state index contributed by atoms with van der Waals surface area (Å²) in [6.07, 6.45) is 1.82. The first-order valence-electron chi connectivity index (χ1n) is 12.5. The van der Waals surface area contributed by atoms with Crippen molar-refractivity contribution >= 4 is 34.6 Å². The Hall–Kier alpha value is -2.84. The number of piperazine rings is 1. The second-order valence-electron chi connectivity index (χ2n) is 9.46. The summed E-state index contributed by atoms with van der Waals surface area (Å²) in [5.74, 6) is 1.77. The van der Waals surface area contributed by atoms with E-state index in [0.717, 1.165) is 81.8 Å². The van der Waals surface area contributed by atoms with Gasteiger partial charge in [0.25, 0.3) is 0 Å². The molecular weight excluding hydrogens is 428 g/mol. The second kappa shape index (κ2) is 9.80. The van der Waals surface area contributed by atoms with Crippen molar-refractivity contribution in [3.63, 3.8) is 0 Å². The average Bonchev–Trinajstić information content (AvgIpc) is 2.89. The molecule has 0 bridgehead atoms. The van der Waals surface area contributed by atoms with E-state index in [1.165, 1.54) is 5.69 Å². The van der Waals surface area contributed by atoms with Crippen LogP contribution in [0.1, 0.15) is 26.7 Å². The topological polar surface area (TPSA) is 64.2 Å². The third-order valence-electron chi connectivity index (χ3n) is 7.47. The van der Waals surface area contributed by atoms with Crippen LogP contribution in [-0.2, 0) is 9.53 Å². The largest absolute Gasteiger partial charge is 0.381 e. The summed E-state index contributed by atoms with van der Waals surface area (Å²) in [4.78, 5) is 26.8. The highest BCUT2D eigenvalue weighted by Gasteiger charge is 2.39. The smallest absolute Gasteiger partial charge is 0.249 e. The molecule has 2 saturated heterocycles. The molecule has 0 aliphatic carbocycles. The van der Waals surface area contributed by atoms with Crippen LogP contribution in [0.15, 0.2) is 36.4 Å². The number of fused-ring (bicyclic) bond motifs is 1. The van der Waals surface area contributed by atoms with E-state index in [0.29, 0.717) is 0 Å². The van der Waals surface area contributed by atoms with Crippen LogP contribution in [0.5, 0.6) is 0 Å². The summed E-state index contributed by atoms with van der Waals surface area (Å²) >= 11 is 0. The van der Waals surface area contributed by atoms with Crippen LogP contribution in [0, 0.1) is 0 Å². The lowest BCUT2D eigenvalue weighted by Gasteiger charge is -2.44. The summed E-state index contributed by atoms with van der Waals surface area (Å²) in [5, 5.41) is 3.47. The molecule has 1 amide bonds. The number of amides is 1. The number of ether oxygens (including phenoxy) is 1. The molecule has 8 heteroatoms. The van der Waals surface area contributed by atoms with E-state index in [9.17, 15) is 4.79 Å². The fraction of sp³-hybridized carbons (Fsp3) is 0.538. The number of hydrogen-bond donors (Lipinski definition) is 1. The Balaban J connectivity index is 1.34. The Morgan fingerprint density at radius 2 is 1.74 bits per heavy atom. The van der Waals surface area contributed by atoms with Crippen LogP contribution in [0.2, 0.25) is 0 Å². The van der Waals surface area contributed by atoms with Crippen molar-refractivity contribution in [2.75, 3.05) is 73.0 Å². The number of benzene rings is 1. The average molecular weight is 465 g/mol. The summed E-state index contributed by atoms with van der Waals surface area (Å²) in [6.45, 7) is 11.2. The molecule has 2 fully saturated rings. The molecule has 0 unspecified atom stereocenters. The second-order valence-corrected chi connectivity index (χ2v) is 9.46. The van der Waals surface area contributed by atoms with Crippen molar-refractivity contribution in [2.24, 2.45) is 0 Å². The van der Waals surface area contributed by atoms with E-state index in [1.54, 1.807) is 4.90 Å². The van der Waals surface area contributed by atoms with Crippen molar-refractivity contribution in [3.05, 3.63) is 36.4 Å². The predicted molar refractivity (Wildman–Crippen MR) is 137 cm³/mol. The molecule has 1 aromatic carbocycles. The molecule has 8 nitrogen and oxygen atoms in total. The molecule has 1 atom stereocenters. The Morgan fingerprint density at radius 3 is 2.41 bits per heavy atom. The van der Waals surface area contributed by atoms with Gasteiger partial charge in [0.2, 0.25) is 5.91 Å². The van der Waals surface area contributed by atoms with E-state index in [2.05, 4.69) is 51.2 Å². The van der Waals surface area contributed by atoms with Crippen molar-refractivity contribution < 1.29 is 9.53 Å².